The summed E-state index contributed by atoms with van der Waals surface area (Å²) in [5, 5.41) is 2.24. The van der Waals surface area contributed by atoms with Crippen molar-refractivity contribution in [2.75, 3.05) is 39.8 Å². The van der Waals surface area contributed by atoms with Crippen LogP contribution in [0, 0.1) is 5.82 Å². The van der Waals surface area contributed by atoms with Crippen molar-refractivity contribution in [3.63, 3.8) is 0 Å². The molecule has 104 valence electrons. The number of hydrogen-bond acceptors (Lipinski definition) is 4. The standard InChI is InChI=1S/C14H20FN3O/c1-17-4-6-18(7-5-17)16-10-13-9-11-8-12(15)2-3-14(11)19-13/h2-3,8,13,16H,4-7,9-10H2,1H3. The van der Waals surface area contributed by atoms with E-state index in [9.17, 15) is 4.39 Å². The molecule has 1 atom stereocenters. The highest BCUT2D eigenvalue weighted by Crippen LogP contribution is 2.28. The van der Waals surface area contributed by atoms with Crippen molar-refractivity contribution in [2.24, 2.45) is 0 Å². The van der Waals surface area contributed by atoms with Crippen LogP contribution in [-0.2, 0) is 6.42 Å². The average molecular weight is 265 g/mol. The molecule has 1 saturated heterocycles. The molecule has 1 aromatic rings. The molecular weight excluding hydrogens is 245 g/mol. The molecule has 2 aliphatic heterocycles. The van der Waals surface area contributed by atoms with Crippen LogP contribution in [0.3, 0.4) is 0 Å². The maximum Gasteiger partial charge on any atom is 0.123 e. The highest BCUT2D eigenvalue weighted by molar-refractivity contribution is 5.37. The van der Waals surface area contributed by atoms with Crippen LogP contribution in [0.4, 0.5) is 4.39 Å². The van der Waals surface area contributed by atoms with E-state index in [1.807, 2.05) is 0 Å². The van der Waals surface area contributed by atoms with E-state index in [-0.39, 0.29) is 11.9 Å². The number of likely N-dealkylation sites (N-methyl/N-ethyl adjacent to an activating group) is 1. The number of fused-ring (bicyclic) bond motifs is 1. The SMILES string of the molecule is CN1CCN(NCC2Cc3cc(F)ccc3O2)CC1. The van der Waals surface area contributed by atoms with Gasteiger partial charge in [0.25, 0.3) is 0 Å². The van der Waals surface area contributed by atoms with Crippen molar-refractivity contribution in [1.29, 1.82) is 0 Å². The van der Waals surface area contributed by atoms with E-state index >= 15 is 0 Å². The smallest absolute Gasteiger partial charge is 0.123 e. The summed E-state index contributed by atoms with van der Waals surface area (Å²) in [4.78, 5) is 2.32. The van der Waals surface area contributed by atoms with E-state index in [4.69, 9.17) is 4.74 Å². The third-order valence-electron chi connectivity index (χ3n) is 3.81. The molecule has 1 N–H and O–H groups in total. The Balaban J connectivity index is 1.48. The second-order valence-electron chi connectivity index (χ2n) is 5.35. The van der Waals surface area contributed by atoms with Crippen molar-refractivity contribution >= 4 is 0 Å². The van der Waals surface area contributed by atoms with Gasteiger partial charge >= 0.3 is 0 Å². The Hall–Kier alpha value is -1.17. The Kier molecular flexibility index (Phi) is 3.68. The van der Waals surface area contributed by atoms with Crippen LogP contribution in [0.2, 0.25) is 0 Å². The fourth-order valence-electron chi connectivity index (χ4n) is 2.60. The van der Waals surface area contributed by atoms with Gasteiger partial charge in [-0.15, -0.1) is 0 Å². The minimum atomic E-state index is -0.185. The average Bonchev–Trinajstić information content (AvgIpc) is 2.80. The molecule has 1 aromatic carbocycles. The zero-order chi connectivity index (χ0) is 13.2. The first-order chi connectivity index (χ1) is 9.20. The molecule has 0 saturated carbocycles. The van der Waals surface area contributed by atoms with Gasteiger partial charge in [-0.25, -0.2) is 9.40 Å². The van der Waals surface area contributed by atoms with Gasteiger partial charge in [0.1, 0.15) is 17.7 Å². The first-order valence-corrected chi connectivity index (χ1v) is 6.83. The lowest BCUT2D eigenvalue weighted by Gasteiger charge is -2.33. The number of hydrogen-bond donors (Lipinski definition) is 1. The van der Waals surface area contributed by atoms with Gasteiger partial charge in [-0.05, 0) is 25.2 Å². The number of nitrogens with one attached hydrogen (secondary N) is 1. The van der Waals surface area contributed by atoms with Gasteiger partial charge in [-0.3, -0.25) is 5.43 Å². The third-order valence-corrected chi connectivity index (χ3v) is 3.81. The zero-order valence-corrected chi connectivity index (χ0v) is 11.2. The second-order valence-corrected chi connectivity index (χ2v) is 5.35. The first-order valence-electron chi connectivity index (χ1n) is 6.83. The Morgan fingerprint density at radius 2 is 2.11 bits per heavy atom. The number of nitrogens with zero attached hydrogens (tertiary/aromatic N) is 2. The molecule has 0 aliphatic carbocycles. The summed E-state index contributed by atoms with van der Waals surface area (Å²) in [7, 11) is 2.14. The molecular formula is C14H20FN3O. The number of benzene rings is 1. The number of hydrazine groups is 1. The molecule has 2 aliphatic rings. The normalized spacial score (nSPS) is 24.2. The Labute approximate surface area is 113 Å². The van der Waals surface area contributed by atoms with Gasteiger partial charge < -0.3 is 9.64 Å². The largest absolute Gasteiger partial charge is 0.488 e. The predicted molar refractivity (Wildman–Crippen MR) is 71.6 cm³/mol. The van der Waals surface area contributed by atoms with Crippen molar-refractivity contribution in [3.05, 3.63) is 29.6 Å². The molecule has 4 nitrogen and oxygen atoms in total. The fraction of sp³-hybridized carbons (Fsp3) is 0.571. The minimum absolute atomic E-state index is 0.108. The Morgan fingerprint density at radius 1 is 1.32 bits per heavy atom. The molecule has 19 heavy (non-hydrogen) atoms. The van der Waals surface area contributed by atoms with Crippen molar-refractivity contribution in [2.45, 2.75) is 12.5 Å². The van der Waals surface area contributed by atoms with Crippen LogP contribution in [0.25, 0.3) is 0 Å². The highest BCUT2D eigenvalue weighted by atomic mass is 19.1. The van der Waals surface area contributed by atoms with Crippen LogP contribution in [-0.4, -0.2) is 55.8 Å². The zero-order valence-electron chi connectivity index (χ0n) is 11.2. The third kappa shape index (κ3) is 3.05. The van der Waals surface area contributed by atoms with Gasteiger partial charge in [0.05, 0.1) is 0 Å². The number of rotatable bonds is 3. The van der Waals surface area contributed by atoms with Gasteiger partial charge in [0, 0.05) is 44.7 Å². The maximum atomic E-state index is 13.1. The lowest BCUT2D eigenvalue weighted by atomic mass is 10.1. The summed E-state index contributed by atoms with van der Waals surface area (Å²) in [5.41, 5.74) is 4.40. The number of halogens is 1. The monoisotopic (exact) mass is 265 g/mol. The molecule has 0 amide bonds. The second kappa shape index (κ2) is 5.45. The molecule has 0 spiro atoms. The van der Waals surface area contributed by atoms with E-state index in [1.165, 1.54) is 6.07 Å². The molecule has 5 heteroatoms. The van der Waals surface area contributed by atoms with Gasteiger partial charge in [0.2, 0.25) is 0 Å². The quantitative estimate of drug-likeness (QED) is 0.878. The van der Waals surface area contributed by atoms with Gasteiger partial charge in [-0.2, -0.15) is 0 Å². The molecule has 0 radical (unpaired) electrons. The summed E-state index contributed by atoms with van der Waals surface area (Å²) < 4.78 is 18.9. The van der Waals surface area contributed by atoms with Gasteiger partial charge in [0.15, 0.2) is 0 Å². The summed E-state index contributed by atoms with van der Waals surface area (Å²) in [5.74, 6) is 0.640. The Morgan fingerprint density at radius 3 is 2.89 bits per heavy atom. The van der Waals surface area contributed by atoms with E-state index in [2.05, 4.69) is 22.4 Å². The van der Waals surface area contributed by atoms with Crippen molar-refractivity contribution < 1.29 is 9.13 Å². The summed E-state index contributed by atoms with van der Waals surface area (Å²) in [6.07, 6.45) is 0.893. The molecule has 1 fully saturated rings. The Bertz CT molecular complexity index is 446. The summed E-state index contributed by atoms with van der Waals surface area (Å²) >= 11 is 0. The molecule has 0 aromatic heterocycles. The van der Waals surface area contributed by atoms with E-state index in [0.717, 1.165) is 50.5 Å². The minimum Gasteiger partial charge on any atom is -0.488 e. The lowest BCUT2D eigenvalue weighted by molar-refractivity contribution is 0.0858. The van der Waals surface area contributed by atoms with E-state index in [1.54, 1.807) is 12.1 Å². The summed E-state index contributed by atoms with van der Waals surface area (Å²) in [6, 6.07) is 4.75. The fourth-order valence-corrected chi connectivity index (χ4v) is 2.60. The van der Waals surface area contributed by atoms with Crippen LogP contribution >= 0.6 is 0 Å². The van der Waals surface area contributed by atoms with Crippen LogP contribution < -0.4 is 10.2 Å². The van der Waals surface area contributed by atoms with E-state index in [0.29, 0.717) is 0 Å². The summed E-state index contributed by atoms with van der Waals surface area (Å²) in [6.45, 7) is 5.02. The van der Waals surface area contributed by atoms with Crippen molar-refractivity contribution in [1.82, 2.24) is 15.3 Å². The molecule has 3 rings (SSSR count). The number of ether oxygens (including phenoxy) is 1. The number of piperazine rings is 1. The lowest BCUT2D eigenvalue weighted by Crippen LogP contribution is -2.52. The molecule has 0 bridgehead atoms. The predicted octanol–water partition coefficient (Wildman–Crippen LogP) is 0.881. The van der Waals surface area contributed by atoms with Gasteiger partial charge in [-0.1, -0.05) is 0 Å². The van der Waals surface area contributed by atoms with E-state index < -0.39 is 0 Å². The van der Waals surface area contributed by atoms with Crippen LogP contribution in [0.15, 0.2) is 18.2 Å². The van der Waals surface area contributed by atoms with Crippen LogP contribution in [0.1, 0.15) is 5.56 Å². The first kappa shape index (κ1) is 12.8. The maximum absolute atomic E-state index is 13.1. The topological polar surface area (TPSA) is 27.7 Å². The molecule has 2 heterocycles. The van der Waals surface area contributed by atoms with Crippen molar-refractivity contribution in [3.8, 4) is 5.75 Å². The highest BCUT2D eigenvalue weighted by Gasteiger charge is 2.24. The molecule has 1 unspecified atom stereocenters. The van der Waals surface area contributed by atoms with Crippen LogP contribution in [0.5, 0.6) is 5.75 Å².